The summed E-state index contributed by atoms with van der Waals surface area (Å²) in [5.41, 5.74) is -0.0363. The van der Waals surface area contributed by atoms with Crippen LogP contribution in [0.2, 0.25) is 0 Å². The van der Waals surface area contributed by atoms with Gasteiger partial charge in [-0.15, -0.1) is 0 Å². The SMILES string of the molecule is CC(C)(C)OC(=O)N1CCCCC1CNC1CCCC1(C)C. The van der Waals surface area contributed by atoms with Crippen molar-refractivity contribution in [2.75, 3.05) is 13.1 Å². The van der Waals surface area contributed by atoms with Crippen LogP contribution >= 0.6 is 0 Å². The molecule has 4 heteroatoms. The highest BCUT2D eigenvalue weighted by atomic mass is 16.6. The highest BCUT2D eigenvalue weighted by Crippen LogP contribution is 2.37. The molecule has 128 valence electrons. The molecule has 4 nitrogen and oxygen atoms in total. The molecule has 0 bridgehead atoms. The van der Waals surface area contributed by atoms with E-state index < -0.39 is 5.60 Å². The summed E-state index contributed by atoms with van der Waals surface area (Å²) >= 11 is 0. The Kier molecular flexibility index (Phi) is 5.41. The molecule has 2 atom stereocenters. The van der Waals surface area contributed by atoms with E-state index in [0.717, 1.165) is 25.9 Å². The monoisotopic (exact) mass is 310 g/mol. The van der Waals surface area contributed by atoms with Crippen molar-refractivity contribution in [3.05, 3.63) is 0 Å². The van der Waals surface area contributed by atoms with Crippen LogP contribution in [0.3, 0.4) is 0 Å². The summed E-state index contributed by atoms with van der Waals surface area (Å²) in [4.78, 5) is 14.4. The Hall–Kier alpha value is -0.770. The molecule has 1 saturated carbocycles. The molecular formula is C18H34N2O2. The number of hydrogen-bond donors (Lipinski definition) is 1. The second-order valence-corrected chi connectivity index (χ2v) is 8.66. The number of hydrogen-bond acceptors (Lipinski definition) is 3. The summed E-state index contributed by atoms with van der Waals surface area (Å²) in [7, 11) is 0. The van der Waals surface area contributed by atoms with Crippen molar-refractivity contribution < 1.29 is 9.53 Å². The lowest BCUT2D eigenvalue weighted by atomic mass is 9.87. The van der Waals surface area contributed by atoms with E-state index in [9.17, 15) is 4.79 Å². The molecular weight excluding hydrogens is 276 g/mol. The van der Waals surface area contributed by atoms with Gasteiger partial charge in [0.25, 0.3) is 0 Å². The Morgan fingerprint density at radius 2 is 1.95 bits per heavy atom. The van der Waals surface area contributed by atoms with Gasteiger partial charge in [-0.1, -0.05) is 20.3 Å². The number of piperidine rings is 1. The molecule has 2 aliphatic rings. The van der Waals surface area contributed by atoms with E-state index in [1.54, 1.807) is 0 Å². The second-order valence-electron chi connectivity index (χ2n) is 8.66. The van der Waals surface area contributed by atoms with Crippen LogP contribution in [0.4, 0.5) is 4.79 Å². The zero-order valence-electron chi connectivity index (χ0n) is 15.1. The normalized spacial score (nSPS) is 28.7. The van der Waals surface area contributed by atoms with Crippen LogP contribution < -0.4 is 5.32 Å². The smallest absolute Gasteiger partial charge is 0.410 e. The molecule has 22 heavy (non-hydrogen) atoms. The van der Waals surface area contributed by atoms with Crippen LogP contribution in [0.5, 0.6) is 0 Å². The molecule has 2 unspecified atom stereocenters. The molecule has 1 aliphatic heterocycles. The number of amides is 1. The van der Waals surface area contributed by atoms with Gasteiger partial charge < -0.3 is 15.0 Å². The summed E-state index contributed by atoms with van der Waals surface area (Å²) in [6.45, 7) is 12.2. The Balaban J connectivity index is 1.91. The summed E-state index contributed by atoms with van der Waals surface area (Å²) < 4.78 is 5.58. The number of carbonyl (C=O) groups is 1. The van der Waals surface area contributed by atoms with Gasteiger partial charge in [-0.25, -0.2) is 4.79 Å². The van der Waals surface area contributed by atoms with Gasteiger partial charge in [0, 0.05) is 25.2 Å². The van der Waals surface area contributed by atoms with E-state index in [1.165, 1.54) is 25.7 Å². The molecule has 2 fully saturated rings. The predicted molar refractivity (Wildman–Crippen MR) is 90.0 cm³/mol. The zero-order chi connectivity index (χ0) is 16.4. The third kappa shape index (κ3) is 4.61. The van der Waals surface area contributed by atoms with Crippen molar-refractivity contribution in [2.24, 2.45) is 5.41 Å². The first kappa shape index (κ1) is 17.6. The highest BCUT2D eigenvalue weighted by molar-refractivity contribution is 5.68. The highest BCUT2D eigenvalue weighted by Gasteiger charge is 2.36. The third-order valence-corrected chi connectivity index (χ3v) is 5.11. The molecule has 1 N–H and O–H groups in total. The molecule has 0 aromatic heterocycles. The molecule has 1 heterocycles. The number of rotatable bonds is 3. The Bertz CT molecular complexity index is 387. The Labute approximate surface area is 136 Å². The maximum absolute atomic E-state index is 12.4. The van der Waals surface area contributed by atoms with Crippen molar-refractivity contribution in [2.45, 2.75) is 90.8 Å². The topological polar surface area (TPSA) is 41.6 Å². The van der Waals surface area contributed by atoms with Crippen molar-refractivity contribution >= 4 is 6.09 Å². The van der Waals surface area contributed by atoms with Crippen molar-refractivity contribution in [1.29, 1.82) is 0 Å². The first-order valence-electron chi connectivity index (χ1n) is 8.92. The van der Waals surface area contributed by atoms with Gasteiger partial charge in [-0.05, 0) is 58.3 Å². The first-order valence-corrected chi connectivity index (χ1v) is 8.92. The standard InChI is InChI=1S/C18H34N2O2/c1-17(2,3)22-16(21)20-12-7-6-9-14(20)13-19-15-10-8-11-18(15,4)5/h14-15,19H,6-13H2,1-5H3. The average Bonchev–Trinajstić information content (AvgIpc) is 2.73. The van der Waals surface area contributed by atoms with Crippen molar-refractivity contribution in [1.82, 2.24) is 10.2 Å². The molecule has 1 aliphatic carbocycles. The van der Waals surface area contributed by atoms with Gasteiger partial charge in [0.15, 0.2) is 0 Å². The van der Waals surface area contributed by atoms with Gasteiger partial charge >= 0.3 is 6.09 Å². The Morgan fingerprint density at radius 3 is 2.55 bits per heavy atom. The minimum atomic E-state index is -0.417. The molecule has 2 rings (SSSR count). The van der Waals surface area contributed by atoms with Crippen LogP contribution in [0.1, 0.15) is 73.1 Å². The quantitative estimate of drug-likeness (QED) is 0.858. The fourth-order valence-electron chi connectivity index (χ4n) is 3.76. The number of carbonyl (C=O) groups excluding carboxylic acids is 1. The van der Waals surface area contributed by atoms with E-state index >= 15 is 0 Å². The molecule has 0 aromatic carbocycles. The molecule has 0 radical (unpaired) electrons. The van der Waals surface area contributed by atoms with Crippen molar-refractivity contribution in [3.63, 3.8) is 0 Å². The first-order chi connectivity index (χ1) is 10.2. The number of nitrogens with zero attached hydrogens (tertiary/aromatic N) is 1. The minimum absolute atomic E-state index is 0.148. The van der Waals surface area contributed by atoms with E-state index in [0.29, 0.717) is 11.5 Å². The molecule has 1 saturated heterocycles. The molecule has 0 aromatic rings. The summed E-state index contributed by atoms with van der Waals surface area (Å²) in [5.74, 6) is 0. The van der Waals surface area contributed by atoms with Gasteiger partial charge in [-0.2, -0.15) is 0 Å². The lowest BCUT2D eigenvalue weighted by molar-refractivity contribution is 0.00932. The summed E-state index contributed by atoms with van der Waals surface area (Å²) in [5, 5.41) is 3.74. The molecule has 0 spiro atoms. The second kappa shape index (κ2) is 6.77. The fraction of sp³-hybridized carbons (Fsp3) is 0.944. The van der Waals surface area contributed by atoms with Crippen LogP contribution in [-0.2, 0) is 4.74 Å². The lowest BCUT2D eigenvalue weighted by Gasteiger charge is -2.38. The summed E-state index contributed by atoms with van der Waals surface area (Å²) in [6, 6.07) is 0.856. The lowest BCUT2D eigenvalue weighted by Crippen LogP contribution is -2.52. The number of likely N-dealkylation sites (tertiary alicyclic amines) is 1. The van der Waals surface area contributed by atoms with Gasteiger partial charge in [0.2, 0.25) is 0 Å². The Morgan fingerprint density at radius 1 is 1.23 bits per heavy atom. The van der Waals surface area contributed by atoms with Crippen molar-refractivity contribution in [3.8, 4) is 0 Å². The number of nitrogens with one attached hydrogen (secondary N) is 1. The van der Waals surface area contributed by atoms with E-state index in [2.05, 4.69) is 19.2 Å². The van der Waals surface area contributed by atoms with E-state index in [4.69, 9.17) is 4.74 Å². The maximum Gasteiger partial charge on any atom is 0.410 e. The van der Waals surface area contributed by atoms with Crippen LogP contribution in [0, 0.1) is 5.41 Å². The number of ether oxygens (including phenoxy) is 1. The summed E-state index contributed by atoms with van der Waals surface area (Å²) in [6.07, 6.45) is 7.09. The van der Waals surface area contributed by atoms with Gasteiger partial charge in [0.05, 0.1) is 0 Å². The third-order valence-electron chi connectivity index (χ3n) is 5.11. The zero-order valence-corrected chi connectivity index (χ0v) is 15.1. The van der Waals surface area contributed by atoms with E-state index in [-0.39, 0.29) is 12.1 Å². The van der Waals surface area contributed by atoms with Crippen LogP contribution in [-0.4, -0.2) is 41.8 Å². The fourth-order valence-corrected chi connectivity index (χ4v) is 3.76. The average molecular weight is 310 g/mol. The van der Waals surface area contributed by atoms with Crippen LogP contribution in [0.25, 0.3) is 0 Å². The minimum Gasteiger partial charge on any atom is -0.444 e. The maximum atomic E-state index is 12.4. The van der Waals surface area contributed by atoms with E-state index in [1.807, 2.05) is 25.7 Å². The van der Waals surface area contributed by atoms with Gasteiger partial charge in [0.1, 0.15) is 5.60 Å². The predicted octanol–water partition coefficient (Wildman–Crippen LogP) is 3.94. The largest absolute Gasteiger partial charge is 0.444 e. The van der Waals surface area contributed by atoms with Gasteiger partial charge in [-0.3, -0.25) is 0 Å². The molecule has 1 amide bonds. The van der Waals surface area contributed by atoms with Crippen LogP contribution in [0.15, 0.2) is 0 Å².